The van der Waals surface area contributed by atoms with Gasteiger partial charge in [0.25, 0.3) is 5.91 Å². The van der Waals surface area contributed by atoms with Gasteiger partial charge in [0.1, 0.15) is 0 Å². The molecule has 0 spiro atoms. The molecule has 3 aromatic carbocycles. The Morgan fingerprint density at radius 1 is 0.784 bits per heavy atom. The number of hydrogen-bond donors (Lipinski definition) is 1. The molecule has 0 aliphatic rings. The van der Waals surface area contributed by atoms with Gasteiger partial charge < -0.3 is 14.8 Å². The van der Waals surface area contributed by atoms with Gasteiger partial charge in [0.2, 0.25) is 5.54 Å². The summed E-state index contributed by atoms with van der Waals surface area (Å²) >= 11 is 6.27. The molecule has 192 valence electrons. The van der Waals surface area contributed by atoms with Gasteiger partial charge in [-0.1, -0.05) is 72.3 Å². The number of nitrogens with one attached hydrogen (secondary N) is 1. The lowest BCUT2D eigenvalue weighted by Gasteiger charge is -2.37. The van der Waals surface area contributed by atoms with Crippen LogP contribution in [0.3, 0.4) is 0 Å². The van der Waals surface area contributed by atoms with Gasteiger partial charge in [-0.3, -0.25) is 9.59 Å². The van der Waals surface area contributed by atoms with E-state index in [1.807, 2.05) is 0 Å². The number of carbonyl (C=O) groups is 4. The zero-order chi connectivity index (χ0) is 26.8. The van der Waals surface area contributed by atoms with Gasteiger partial charge in [0.15, 0.2) is 5.78 Å². The van der Waals surface area contributed by atoms with Gasteiger partial charge in [-0.05, 0) is 43.7 Å². The highest BCUT2D eigenvalue weighted by atomic mass is 35.5. The summed E-state index contributed by atoms with van der Waals surface area (Å²) in [7, 11) is 0. The van der Waals surface area contributed by atoms with Crippen LogP contribution in [0.1, 0.15) is 52.5 Å². The third-order valence-electron chi connectivity index (χ3n) is 5.80. The van der Waals surface area contributed by atoms with E-state index in [4.69, 9.17) is 21.1 Å². The van der Waals surface area contributed by atoms with E-state index >= 15 is 0 Å². The fourth-order valence-electron chi connectivity index (χ4n) is 4.06. The first-order chi connectivity index (χ1) is 17.8. The van der Waals surface area contributed by atoms with Crippen molar-refractivity contribution in [2.45, 2.75) is 31.7 Å². The first kappa shape index (κ1) is 27.6. The largest absolute Gasteiger partial charge is 0.464 e. The van der Waals surface area contributed by atoms with E-state index in [2.05, 4.69) is 5.32 Å². The number of esters is 2. The first-order valence-electron chi connectivity index (χ1n) is 11.9. The van der Waals surface area contributed by atoms with Crippen molar-refractivity contribution >= 4 is 35.2 Å². The highest BCUT2D eigenvalue weighted by molar-refractivity contribution is 6.30. The Morgan fingerprint density at radius 3 is 1.84 bits per heavy atom. The standard InChI is InChI=1S/C29H28ClNO6/c1-3-36-27(34)29(28(35)37-4-2,31-26(33)21-14-9-6-10-15-21)24(22-16-11-17-23(30)18-22)19-25(32)20-12-7-5-8-13-20/h5-18,24H,3-4,19H2,1-2H3,(H,31,33). The second-order valence-electron chi connectivity index (χ2n) is 8.17. The summed E-state index contributed by atoms with van der Waals surface area (Å²) in [5.41, 5.74) is -1.41. The lowest BCUT2D eigenvalue weighted by atomic mass is 9.75. The highest BCUT2D eigenvalue weighted by Gasteiger charge is 2.57. The number of ketones is 1. The molecule has 0 bridgehead atoms. The molecule has 0 saturated heterocycles. The number of carbonyl (C=O) groups excluding carboxylic acids is 4. The van der Waals surface area contributed by atoms with Gasteiger partial charge in [-0.2, -0.15) is 0 Å². The van der Waals surface area contributed by atoms with Crippen LogP contribution in [0.5, 0.6) is 0 Å². The van der Waals surface area contributed by atoms with Crippen LogP contribution in [0.4, 0.5) is 0 Å². The van der Waals surface area contributed by atoms with Crippen LogP contribution in [0.15, 0.2) is 84.9 Å². The van der Waals surface area contributed by atoms with E-state index in [9.17, 15) is 19.2 Å². The highest BCUT2D eigenvalue weighted by Crippen LogP contribution is 2.37. The molecule has 0 aromatic heterocycles. The average molecular weight is 522 g/mol. The molecule has 7 nitrogen and oxygen atoms in total. The second kappa shape index (κ2) is 12.8. The Hall–Kier alpha value is -3.97. The van der Waals surface area contributed by atoms with E-state index in [0.717, 1.165) is 0 Å². The number of hydrogen-bond acceptors (Lipinski definition) is 6. The lowest BCUT2D eigenvalue weighted by molar-refractivity contribution is -0.167. The van der Waals surface area contributed by atoms with E-state index in [1.165, 1.54) is 0 Å². The van der Waals surface area contributed by atoms with Crippen LogP contribution in [-0.2, 0) is 19.1 Å². The smallest absolute Gasteiger partial charge is 0.344 e. The third-order valence-corrected chi connectivity index (χ3v) is 6.04. The monoisotopic (exact) mass is 521 g/mol. The maximum atomic E-state index is 13.7. The van der Waals surface area contributed by atoms with Crippen molar-refractivity contribution in [3.63, 3.8) is 0 Å². The number of amides is 1. The lowest BCUT2D eigenvalue weighted by Crippen LogP contribution is -2.65. The number of benzene rings is 3. The molecule has 0 aliphatic heterocycles. The summed E-state index contributed by atoms with van der Waals surface area (Å²) < 4.78 is 10.7. The zero-order valence-electron chi connectivity index (χ0n) is 20.6. The molecule has 3 rings (SSSR count). The van der Waals surface area contributed by atoms with Crippen molar-refractivity contribution < 1.29 is 28.7 Å². The van der Waals surface area contributed by atoms with E-state index in [1.54, 1.807) is 98.8 Å². The topological polar surface area (TPSA) is 98.8 Å². The molecule has 8 heteroatoms. The number of Topliss-reactive ketones (excluding diaryl/α,β-unsaturated/α-hetero) is 1. The van der Waals surface area contributed by atoms with Gasteiger partial charge >= 0.3 is 11.9 Å². The molecule has 1 unspecified atom stereocenters. The number of halogens is 1. The minimum atomic E-state index is -2.38. The minimum Gasteiger partial charge on any atom is -0.464 e. The quantitative estimate of drug-likeness (QED) is 0.217. The summed E-state index contributed by atoms with van der Waals surface area (Å²) in [6.45, 7) is 3.01. The van der Waals surface area contributed by atoms with E-state index < -0.39 is 29.3 Å². The average Bonchev–Trinajstić information content (AvgIpc) is 2.91. The second-order valence-corrected chi connectivity index (χ2v) is 8.61. The summed E-state index contributed by atoms with van der Waals surface area (Å²) in [6, 6.07) is 23.0. The van der Waals surface area contributed by atoms with Crippen molar-refractivity contribution in [1.82, 2.24) is 5.32 Å². The summed E-state index contributed by atoms with van der Waals surface area (Å²) in [5, 5.41) is 2.93. The van der Waals surface area contributed by atoms with Crippen molar-refractivity contribution in [1.29, 1.82) is 0 Å². The summed E-state index contributed by atoms with van der Waals surface area (Å²) in [4.78, 5) is 54.2. The Morgan fingerprint density at radius 2 is 1.32 bits per heavy atom. The van der Waals surface area contributed by atoms with Gasteiger partial charge in [-0.25, -0.2) is 9.59 Å². The van der Waals surface area contributed by atoms with Crippen LogP contribution < -0.4 is 5.32 Å². The van der Waals surface area contributed by atoms with Crippen LogP contribution in [-0.4, -0.2) is 42.4 Å². The summed E-state index contributed by atoms with van der Waals surface area (Å²) in [6.07, 6.45) is -0.322. The Labute approximate surface area is 220 Å². The van der Waals surface area contributed by atoms with E-state index in [0.29, 0.717) is 16.1 Å². The fraction of sp³-hybridized carbons (Fsp3) is 0.241. The fourth-order valence-corrected chi connectivity index (χ4v) is 4.26. The molecular formula is C29H28ClNO6. The van der Waals surface area contributed by atoms with Crippen molar-refractivity contribution in [3.8, 4) is 0 Å². The van der Waals surface area contributed by atoms with Crippen LogP contribution in [0, 0.1) is 0 Å². The normalized spacial score (nSPS) is 11.8. The molecule has 1 amide bonds. The van der Waals surface area contributed by atoms with Gasteiger partial charge in [0.05, 0.1) is 13.2 Å². The molecule has 3 aromatic rings. The molecule has 1 atom stereocenters. The van der Waals surface area contributed by atoms with Crippen LogP contribution >= 0.6 is 11.6 Å². The van der Waals surface area contributed by atoms with Crippen molar-refractivity contribution in [2.24, 2.45) is 0 Å². The van der Waals surface area contributed by atoms with Crippen LogP contribution in [0.25, 0.3) is 0 Å². The molecule has 37 heavy (non-hydrogen) atoms. The minimum absolute atomic E-state index is 0.0733. The third kappa shape index (κ3) is 6.43. The molecule has 0 saturated carbocycles. The van der Waals surface area contributed by atoms with E-state index in [-0.39, 0.29) is 31.0 Å². The summed E-state index contributed by atoms with van der Waals surface area (Å²) in [5.74, 6) is -4.34. The van der Waals surface area contributed by atoms with Gasteiger partial charge in [0, 0.05) is 28.5 Å². The SMILES string of the molecule is CCOC(=O)C(NC(=O)c1ccccc1)(C(=O)OCC)C(CC(=O)c1ccccc1)c1cccc(Cl)c1. The van der Waals surface area contributed by atoms with Crippen LogP contribution in [0.2, 0.25) is 5.02 Å². The zero-order valence-corrected chi connectivity index (χ0v) is 21.4. The molecule has 0 aliphatic carbocycles. The first-order valence-corrected chi connectivity index (χ1v) is 12.3. The van der Waals surface area contributed by atoms with Crippen molar-refractivity contribution in [2.75, 3.05) is 13.2 Å². The molecule has 0 heterocycles. The predicted octanol–water partition coefficient (Wildman–Crippen LogP) is 4.99. The maximum Gasteiger partial charge on any atom is 0.344 e. The molecule has 0 fully saturated rings. The maximum absolute atomic E-state index is 13.7. The predicted molar refractivity (Wildman–Crippen MR) is 139 cm³/mol. The Kier molecular flexibility index (Phi) is 9.57. The Balaban J connectivity index is 2.24. The number of ether oxygens (including phenoxy) is 2. The molecular weight excluding hydrogens is 494 g/mol. The van der Waals surface area contributed by atoms with Gasteiger partial charge in [-0.15, -0.1) is 0 Å². The Bertz CT molecular complexity index is 1230. The van der Waals surface area contributed by atoms with Crippen molar-refractivity contribution in [3.05, 3.63) is 107 Å². The number of rotatable bonds is 11. The molecule has 0 radical (unpaired) electrons. The molecule has 1 N–H and O–H groups in total.